The van der Waals surface area contributed by atoms with Crippen LogP contribution in [-0.4, -0.2) is 128 Å². The minimum Gasteiger partial charge on any atom is -0.476 e. The molecule has 18 nitrogen and oxygen atoms in total. The van der Waals surface area contributed by atoms with E-state index in [0.717, 1.165) is 84.8 Å². The number of anilines is 2. The maximum absolute atomic E-state index is 13.7. The zero-order chi connectivity index (χ0) is 53.9. The van der Waals surface area contributed by atoms with E-state index >= 15 is 0 Å². The number of thiazole rings is 1. The number of carboxylic acids is 1. The number of para-hydroxylation sites is 1. The van der Waals surface area contributed by atoms with Gasteiger partial charge < -0.3 is 25.4 Å². The van der Waals surface area contributed by atoms with Gasteiger partial charge in [0.05, 0.1) is 38.8 Å². The number of aromatic carboxylic acids is 1. The predicted molar refractivity (Wildman–Crippen MR) is 302 cm³/mol. The number of hydrogen-bond acceptors (Lipinski definition) is 13. The van der Waals surface area contributed by atoms with Gasteiger partial charge in [0.25, 0.3) is 16.0 Å². The number of fused-ring (bicyclic) bond motifs is 2. The molecule has 3 amide bonds. The van der Waals surface area contributed by atoms with Gasteiger partial charge in [-0.25, -0.2) is 14.8 Å². The summed E-state index contributed by atoms with van der Waals surface area (Å²) >= 11 is 3.44. The van der Waals surface area contributed by atoms with Crippen LogP contribution in [0.3, 0.4) is 0 Å². The van der Waals surface area contributed by atoms with E-state index in [1.807, 2.05) is 98.6 Å². The van der Waals surface area contributed by atoms with Gasteiger partial charge in [-0.15, -0.1) is 0 Å². The number of hydrogen-bond donors (Lipinski definition) is 5. The van der Waals surface area contributed by atoms with Crippen LogP contribution in [0.15, 0.2) is 60.8 Å². The summed E-state index contributed by atoms with van der Waals surface area (Å²) in [7, 11) is -4.19. The number of aromatic nitrogens is 4. The van der Waals surface area contributed by atoms with E-state index in [1.165, 1.54) is 11.3 Å². The summed E-state index contributed by atoms with van der Waals surface area (Å²) in [5.41, 5.74) is 4.82. The average Bonchev–Trinajstić information content (AvgIpc) is 3.95. The number of alkyl halides is 1. The molecule has 5 aromatic rings. The maximum atomic E-state index is 13.7. The first-order valence-corrected chi connectivity index (χ1v) is 30.4. The van der Waals surface area contributed by atoms with Gasteiger partial charge in [-0.2, -0.15) is 13.5 Å². The van der Waals surface area contributed by atoms with Crippen molar-refractivity contribution in [1.29, 1.82) is 0 Å². The first-order chi connectivity index (χ1) is 36.2. The summed E-state index contributed by atoms with van der Waals surface area (Å²) in [5.74, 6) is -1.31. The molecule has 0 radical (unpaired) electrons. The summed E-state index contributed by atoms with van der Waals surface area (Å²) in [6.45, 7) is 10.9. The fourth-order valence-electron chi connectivity index (χ4n) is 13.9. The van der Waals surface area contributed by atoms with Gasteiger partial charge in [-0.05, 0) is 135 Å². The molecule has 2 unspecified atom stereocenters. The predicted octanol–water partition coefficient (Wildman–Crippen LogP) is 8.32. The number of halogens is 1. The second-order valence-electron chi connectivity index (χ2n) is 22.6. The van der Waals surface area contributed by atoms with Gasteiger partial charge in [-0.1, -0.05) is 78.5 Å². The highest BCUT2D eigenvalue weighted by molar-refractivity contribution is 14.1. The van der Waals surface area contributed by atoms with Gasteiger partial charge in [-0.3, -0.25) is 33.8 Å². The van der Waals surface area contributed by atoms with E-state index in [0.29, 0.717) is 104 Å². The molecule has 5 aliphatic rings. The number of pyridine rings is 1. The van der Waals surface area contributed by atoms with Crippen molar-refractivity contribution in [3.63, 3.8) is 0 Å². The third kappa shape index (κ3) is 13.3. The highest BCUT2D eigenvalue weighted by atomic mass is 127. The van der Waals surface area contributed by atoms with Crippen LogP contribution in [0.2, 0.25) is 0 Å². The van der Waals surface area contributed by atoms with E-state index in [1.54, 1.807) is 6.20 Å². The molecule has 4 heterocycles. The number of nitrogens with one attached hydrogen (secondary N) is 3. The summed E-state index contributed by atoms with van der Waals surface area (Å²) < 4.78 is 43.8. The molecule has 76 heavy (non-hydrogen) atoms. The topological polar surface area (TPSA) is 238 Å². The number of unbranched alkanes of at least 4 members (excludes halogenated alkanes) is 2. The van der Waals surface area contributed by atoms with E-state index in [9.17, 15) is 37.3 Å². The fourth-order valence-corrected chi connectivity index (χ4v) is 15.5. The van der Waals surface area contributed by atoms with Crippen LogP contribution in [-0.2, 0) is 44.0 Å². The zero-order valence-electron chi connectivity index (χ0n) is 43.7. The quantitative estimate of drug-likeness (QED) is 0.0160. The lowest BCUT2D eigenvalue weighted by Crippen LogP contribution is -2.64. The monoisotopic (exact) mass is 1190 g/mol. The Bertz CT molecular complexity index is 3040. The first-order valence-electron chi connectivity index (χ1n) is 26.4. The molecular formula is C55H70IN9O9S2. The van der Waals surface area contributed by atoms with Gasteiger partial charge >= 0.3 is 5.97 Å². The molecule has 408 valence electrons. The van der Waals surface area contributed by atoms with Crippen LogP contribution >= 0.6 is 33.9 Å². The highest BCUT2D eigenvalue weighted by Gasteiger charge is 2.66. The number of carboxylic acid groups (broad SMARTS) is 1. The summed E-state index contributed by atoms with van der Waals surface area (Å²) in [6, 6.07) is 17.2. The standard InChI is InChI=1S/C55H70IN9O9S2/c1-37-41(39-16-17-45(61-48(39)50(69)70)64-22-18-38-11-9-12-40(42(38)29-64)49(68)62-51-60-43-13-6-7-14-44(43)75-51)28-59-65(37)36-54-31-52(2)30-53(3,32-54)34-55(33-52,35-54)74-25-23-63(24-26-76(71,72)73)21-10-20-57-46(66)15-5-4-8-19-58-47(67)27-56/h6-7,9,11-14,16-17,28H,4-5,8,10,15,18-27,29-36H2,1-3H3,(H,57,66)(H,58,67)(H,69,70)(H,60,62,68)(H,71,72,73). The third-order valence-corrected chi connectivity index (χ3v) is 18.3. The molecule has 2 atom stereocenters. The lowest BCUT2D eigenvalue weighted by molar-refractivity contribution is -0.248. The number of carbonyl (C=O) groups excluding carboxylic acids is 3. The van der Waals surface area contributed by atoms with Gasteiger partial charge in [0.15, 0.2) is 10.8 Å². The number of rotatable bonds is 25. The largest absolute Gasteiger partial charge is 0.476 e. The highest BCUT2D eigenvalue weighted by Crippen LogP contribution is 2.72. The van der Waals surface area contributed by atoms with E-state index < -0.39 is 27.4 Å². The molecule has 4 saturated carbocycles. The van der Waals surface area contributed by atoms with Crippen molar-refractivity contribution in [2.24, 2.45) is 16.2 Å². The summed E-state index contributed by atoms with van der Waals surface area (Å²) in [4.78, 5) is 64.1. The van der Waals surface area contributed by atoms with Crippen molar-refractivity contribution in [2.45, 2.75) is 117 Å². The molecule has 0 saturated heterocycles. The third-order valence-electron chi connectivity index (χ3n) is 15.9. The first kappa shape index (κ1) is 55.7. The lowest BCUT2D eigenvalue weighted by Gasteiger charge is -2.69. The Morgan fingerprint density at radius 3 is 2.37 bits per heavy atom. The molecule has 3 aromatic heterocycles. The van der Waals surface area contributed by atoms with Crippen LogP contribution in [0.1, 0.15) is 122 Å². The number of nitrogens with zero attached hydrogens (tertiary/aromatic N) is 6. The Hall–Kier alpha value is -5.07. The van der Waals surface area contributed by atoms with Crippen molar-refractivity contribution in [3.05, 3.63) is 88.9 Å². The van der Waals surface area contributed by atoms with Crippen LogP contribution in [0.5, 0.6) is 0 Å². The van der Waals surface area contributed by atoms with E-state index in [2.05, 4.69) is 34.8 Å². The lowest BCUT2D eigenvalue weighted by atomic mass is 9.39. The van der Waals surface area contributed by atoms with Gasteiger partial charge in [0, 0.05) is 74.6 Å². The van der Waals surface area contributed by atoms with Crippen molar-refractivity contribution < 1.29 is 42.0 Å². The number of amides is 3. The molecule has 0 spiro atoms. The Balaban J connectivity index is 0.839. The Morgan fingerprint density at radius 1 is 0.855 bits per heavy atom. The van der Waals surface area contributed by atoms with Gasteiger partial charge in [0.2, 0.25) is 11.8 Å². The zero-order valence-corrected chi connectivity index (χ0v) is 47.5. The van der Waals surface area contributed by atoms with Gasteiger partial charge in [0.1, 0.15) is 5.82 Å². The van der Waals surface area contributed by atoms with Crippen molar-refractivity contribution >= 4 is 88.9 Å². The SMILES string of the molecule is Cc1c(-c2ccc(N3CCc4cccc(C(=O)Nc5nc6ccccc6s5)c4C3)nc2C(=O)O)cnn1CC12CC3(C)CC(C)(C1)CC(OCCN(CCCNC(=O)CCCCCNC(=O)CI)CCS(=O)(=O)O)(C3)C2. The Labute approximate surface area is 462 Å². The van der Waals surface area contributed by atoms with E-state index in [4.69, 9.17) is 14.8 Å². The van der Waals surface area contributed by atoms with E-state index in [-0.39, 0.29) is 46.2 Å². The number of ether oxygens (including phenoxy) is 1. The molecule has 4 aliphatic carbocycles. The van der Waals surface area contributed by atoms with Crippen LogP contribution in [0.25, 0.3) is 21.3 Å². The molecule has 1 aliphatic heterocycles. The smallest absolute Gasteiger partial charge is 0.355 e. The Morgan fingerprint density at radius 2 is 1.62 bits per heavy atom. The minimum absolute atomic E-state index is 0.00985. The molecule has 2 aromatic carbocycles. The summed E-state index contributed by atoms with van der Waals surface area (Å²) in [5, 5.41) is 24.9. The summed E-state index contributed by atoms with van der Waals surface area (Å²) in [6.07, 6.45) is 11.6. The van der Waals surface area contributed by atoms with Crippen molar-refractivity contribution in [2.75, 3.05) is 66.3 Å². The van der Waals surface area contributed by atoms with Crippen LogP contribution < -0.4 is 20.9 Å². The van der Waals surface area contributed by atoms with Crippen LogP contribution in [0.4, 0.5) is 10.9 Å². The van der Waals surface area contributed by atoms with Crippen molar-refractivity contribution in [1.82, 2.24) is 35.3 Å². The second kappa shape index (κ2) is 23.1. The molecule has 5 N–H and O–H groups in total. The molecule has 21 heteroatoms. The number of benzene rings is 2. The normalized spacial score (nSPS) is 22.7. The Kier molecular flexibility index (Phi) is 16.9. The second-order valence-corrected chi connectivity index (χ2v) is 25.9. The van der Waals surface area contributed by atoms with Crippen LogP contribution in [0, 0.1) is 23.2 Å². The molecule has 10 rings (SSSR count). The van der Waals surface area contributed by atoms with Crippen molar-refractivity contribution in [3.8, 4) is 11.1 Å². The average molecular weight is 1190 g/mol. The maximum Gasteiger partial charge on any atom is 0.355 e. The molecular weight excluding hydrogens is 1120 g/mol. The molecule has 4 fully saturated rings. The fraction of sp³-hybridized carbons (Fsp3) is 0.545. The minimum atomic E-state index is -4.19. The molecule has 4 bridgehead atoms. The number of carbonyl (C=O) groups is 4.